The highest BCUT2D eigenvalue weighted by molar-refractivity contribution is 6.39. The number of aromatic nitrogens is 1. The Hall–Kier alpha value is -3.15. The predicted octanol–water partition coefficient (Wildman–Crippen LogP) is 2.91. The minimum atomic E-state index is -0.746. The summed E-state index contributed by atoms with van der Waals surface area (Å²) in [6.45, 7) is 6.08. The summed E-state index contributed by atoms with van der Waals surface area (Å²) in [7, 11) is 0. The highest BCUT2D eigenvalue weighted by Gasteiger charge is 2.37. The van der Waals surface area contributed by atoms with Crippen LogP contribution in [0, 0.1) is 0 Å². The molecule has 0 unspecified atom stereocenters. The first-order valence-electron chi connectivity index (χ1n) is 7.93. The third kappa shape index (κ3) is 3.10. The summed E-state index contributed by atoms with van der Waals surface area (Å²) in [4.78, 5) is 38.1. The highest BCUT2D eigenvalue weighted by Crippen LogP contribution is 2.24. The van der Waals surface area contributed by atoms with Crippen LogP contribution in [0.15, 0.2) is 54.2 Å². The lowest BCUT2D eigenvalue weighted by atomic mass is 10.1. The Morgan fingerprint density at radius 3 is 2.28 bits per heavy atom. The van der Waals surface area contributed by atoms with Crippen LogP contribution in [0.3, 0.4) is 0 Å². The largest absolute Gasteiger partial charge is 0.343 e. The predicted molar refractivity (Wildman–Crippen MR) is 94.9 cm³/mol. The van der Waals surface area contributed by atoms with Crippen LogP contribution in [0.25, 0.3) is 6.08 Å². The molecule has 0 saturated carbocycles. The van der Waals surface area contributed by atoms with E-state index in [1.54, 1.807) is 30.3 Å². The Morgan fingerprint density at radius 1 is 0.960 bits per heavy atom. The summed E-state index contributed by atoms with van der Waals surface area (Å²) in [6, 6.07) is 11.4. The van der Waals surface area contributed by atoms with Gasteiger partial charge in [-0.25, -0.2) is 9.69 Å². The smallest absolute Gasteiger partial charge is 0.335 e. The molecule has 0 spiro atoms. The van der Waals surface area contributed by atoms with Crippen molar-refractivity contribution in [1.82, 2.24) is 9.88 Å². The van der Waals surface area contributed by atoms with Gasteiger partial charge in [0.1, 0.15) is 5.57 Å². The van der Waals surface area contributed by atoms with Crippen molar-refractivity contribution in [2.75, 3.05) is 4.90 Å². The van der Waals surface area contributed by atoms with Crippen molar-refractivity contribution in [3.8, 4) is 0 Å². The first kappa shape index (κ1) is 16.7. The average molecular weight is 337 g/mol. The van der Waals surface area contributed by atoms with Gasteiger partial charge in [0, 0.05) is 17.4 Å². The van der Waals surface area contributed by atoms with Gasteiger partial charge in [-0.1, -0.05) is 18.2 Å². The minimum absolute atomic E-state index is 0.0762. The number of carbonyl (C=O) groups excluding carboxylic acids is 3. The lowest BCUT2D eigenvalue weighted by Crippen LogP contribution is -2.54. The number of rotatable bonds is 2. The third-order valence-electron chi connectivity index (χ3n) is 3.91. The summed E-state index contributed by atoms with van der Waals surface area (Å²) in [5.74, 6) is -1.33. The quantitative estimate of drug-likeness (QED) is 0.676. The molecule has 6 heteroatoms. The number of para-hydroxylation sites is 1. The Morgan fingerprint density at radius 2 is 1.64 bits per heavy atom. The van der Waals surface area contributed by atoms with Gasteiger partial charge in [0.05, 0.1) is 5.69 Å². The molecule has 0 radical (unpaired) electrons. The van der Waals surface area contributed by atoms with E-state index in [4.69, 9.17) is 0 Å². The number of amides is 4. The van der Waals surface area contributed by atoms with Gasteiger partial charge in [-0.2, -0.15) is 0 Å². The molecule has 2 aromatic rings. The van der Waals surface area contributed by atoms with Gasteiger partial charge in [0.15, 0.2) is 0 Å². The number of carbonyl (C=O) groups is 3. The molecule has 4 amide bonds. The van der Waals surface area contributed by atoms with Gasteiger partial charge in [-0.15, -0.1) is 0 Å². The van der Waals surface area contributed by atoms with E-state index >= 15 is 0 Å². The fraction of sp³-hybridized carbons (Fsp3) is 0.211. The number of barbiturate groups is 1. The molecule has 0 atom stereocenters. The average Bonchev–Trinajstić information content (AvgIpc) is 3.01. The van der Waals surface area contributed by atoms with Crippen LogP contribution in [0.5, 0.6) is 0 Å². The SMILES string of the molecule is CC(C)(C)n1cccc1C=C1C(=O)NC(=O)N(c2ccccc2)C1=O. The minimum Gasteiger partial charge on any atom is -0.343 e. The molecule has 3 rings (SSSR count). The number of hydrogen-bond donors (Lipinski definition) is 1. The van der Waals surface area contributed by atoms with Crippen LogP contribution in [0.2, 0.25) is 0 Å². The van der Waals surface area contributed by atoms with Crippen molar-refractivity contribution in [3.05, 3.63) is 59.9 Å². The molecular formula is C19H19N3O3. The maximum Gasteiger partial charge on any atom is 0.335 e. The van der Waals surface area contributed by atoms with E-state index in [-0.39, 0.29) is 11.1 Å². The van der Waals surface area contributed by atoms with Gasteiger partial charge in [-0.05, 0) is 51.1 Å². The number of benzene rings is 1. The van der Waals surface area contributed by atoms with Crippen LogP contribution < -0.4 is 10.2 Å². The number of anilines is 1. The Kier molecular flexibility index (Phi) is 4.04. The molecule has 1 aliphatic heterocycles. The first-order valence-corrected chi connectivity index (χ1v) is 7.93. The van der Waals surface area contributed by atoms with Crippen molar-refractivity contribution in [1.29, 1.82) is 0 Å². The third-order valence-corrected chi connectivity index (χ3v) is 3.91. The van der Waals surface area contributed by atoms with Crippen LogP contribution in [0.1, 0.15) is 26.5 Å². The maximum absolute atomic E-state index is 12.8. The van der Waals surface area contributed by atoms with Gasteiger partial charge in [-0.3, -0.25) is 14.9 Å². The van der Waals surface area contributed by atoms with Gasteiger partial charge in [0.2, 0.25) is 0 Å². The van der Waals surface area contributed by atoms with Crippen LogP contribution in [-0.2, 0) is 15.1 Å². The van der Waals surface area contributed by atoms with E-state index in [0.29, 0.717) is 11.4 Å². The molecule has 0 aliphatic carbocycles. The van der Waals surface area contributed by atoms with E-state index in [1.165, 1.54) is 6.08 Å². The summed E-state index contributed by atoms with van der Waals surface area (Å²) in [5, 5.41) is 2.23. The molecule has 1 aliphatic rings. The highest BCUT2D eigenvalue weighted by atomic mass is 16.2. The fourth-order valence-corrected chi connectivity index (χ4v) is 2.74. The van der Waals surface area contributed by atoms with Crippen LogP contribution in [0.4, 0.5) is 10.5 Å². The van der Waals surface area contributed by atoms with E-state index in [2.05, 4.69) is 5.32 Å². The van der Waals surface area contributed by atoms with Gasteiger partial charge < -0.3 is 4.57 Å². The van der Waals surface area contributed by atoms with Crippen molar-refractivity contribution < 1.29 is 14.4 Å². The lowest BCUT2D eigenvalue weighted by Gasteiger charge is -2.27. The fourth-order valence-electron chi connectivity index (χ4n) is 2.74. The van der Waals surface area contributed by atoms with Crippen LogP contribution in [-0.4, -0.2) is 22.4 Å². The lowest BCUT2D eigenvalue weighted by molar-refractivity contribution is -0.122. The molecule has 1 fully saturated rings. The van der Waals surface area contributed by atoms with Crippen molar-refractivity contribution in [2.45, 2.75) is 26.3 Å². The van der Waals surface area contributed by atoms with Crippen molar-refractivity contribution in [3.63, 3.8) is 0 Å². The summed E-state index contributed by atoms with van der Waals surface area (Å²) < 4.78 is 1.96. The monoisotopic (exact) mass is 337 g/mol. The second kappa shape index (κ2) is 6.05. The zero-order valence-corrected chi connectivity index (χ0v) is 14.3. The van der Waals surface area contributed by atoms with Crippen LogP contribution >= 0.6 is 0 Å². The second-order valence-corrected chi connectivity index (χ2v) is 6.77. The molecule has 1 aromatic heterocycles. The number of nitrogens with one attached hydrogen (secondary N) is 1. The van der Waals surface area contributed by atoms with Gasteiger partial charge in [0.25, 0.3) is 11.8 Å². The van der Waals surface area contributed by atoms with Gasteiger partial charge >= 0.3 is 6.03 Å². The molecule has 6 nitrogen and oxygen atoms in total. The summed E-state index contributed by atoms with van der Waals surface area (Å²) in [6.07, 6.45) is 3.41. The molecule has 0 bridgehead atoms. The Labute approximate surface area is 145 Å². The van der Waals surface area contributed by atoms with Crippen molar-refractivity contribution >= 4 is 29.6 Å². The molecule has 128 valence electrons. The normalized spacial score (nSPS) is 17.2. The second-order valence-electron chi connectivity index (χ2n) is 6.77. The molecule has 1 N–H and O–H groups in total. The topological polar surface area (TPSA) is 71.4 Å². The number of imide groups is 2. The Balaban J connectivity index is 2.04. The number of nitrogens with zero attached hydrogens (tertiary/aromatic N) is 2. The van der Waals surface area contributed by atoms with Crippen molar-refractivity contribution in [2.24, 2.45) is 0 Å². The summed E-state index contributed by atoms with van der Waals surface area (Å²) >= 11 is 0. The summed E-state index contributed by atoms with van der Waals surface area (Å²) in [5.41, 5.74) is 0.842. The molecular weight excluding hydrogens is 318 g/mol. The maximum atomic E-state index is 12.8. The zero-order chi connectivity index (χ0) is 18.2. The first-order chi connectivity index (χ1) is 11.8. The van der Waals surface area contributed by atoms with E-state index < -0.39 is 17.8 Å². The van der Waals surface area contributed by atoms with E-state index in [0.717, 1.165) is 4.90 Å². The number of hydrogen-bond acceptors (Lipinski definition) is 3. The van der Waals surface area contributed by atoms with E-state index in [9.17, 15) is 14.4 Å². The molecule has 1 aromatic carbocycles. The van der Waals surface area contributed by atoms with E-state index in [1.807, 2.05) is 43.7 Å². The molecule has 1 saturated heterocycles. The molecule has 25 heavy (non-hydrogen) atoms. The standard InChI is InChI=1S/C19H19N3O3/c1-19(2,3)21-11-7-10-14(21)12-15-16(23)20-18(25)22(17(15)24)13-8-5-4-6-9-13/h4-12H,1-3H3,(H,20,23,25). The zero-order valence-electron chi connectivity index (χ0n) is 14.3. The number of urea groups is 1. The molecule has 2 heterocycles. The Bertz CT molecular complexity index is 873.